The van der Waals surface area contributed by atoms with Crippen molar-refractivity contribution >= 4 is 23.3 Å². The van der Waals surface area contributed by atoms with Gasteiger partial charge in [0, 0.05) is 14.1 Å². The Bertz CT molecular complexity index is 119. The largest absolute Gasteiger partial charge is 0.369 e. The molecule has 0 atom stereocenters. The molecule has 0 aromatic rings. The summed E-state index contributed by atoms with van der Waals surface area (Å²) >= 11 is 1.33. The van der Waals surface area contributed by atoms with Crippen LogP contribution in [0.4, 0.5) is 0 Å². The zero-order chi connectivity index (χ0) is 7.28. The van der Waals surface area contributed by atoms with E-state index >= 15 is 0 Å². The Morgan fingerprint density at radius 2 is 2.22 bits per heavy atom. The van der Waals surface area contributed by atoms with Crippen molar-refractivity contribution in [1.29, 1.82) is 5.41 Å². The highest BCUT2D eigenvalue weighted by Crippen LogP contribution is 1.94. The van der Waals surface area contributed by atoms with Crippen LogP contribution >= 0.6 is 11.8 Å². The van der Waals surface area contributed by atoms with E-state index in [-0.39, 0.29) is 0 Å². The summed E-state index contributed by atoms with van der Waals surface area (Å²) in [4.78, 5) is 5.59. The van der Waals surface area contributed by atoms with Gasteiger partial charge in [0.2, 0.25) is 0 Å². The van der Waals surface area contributed by atoms with Crippen molar-refractivity contribution in [2.45, 2.75) is 0 Å². The molecule has 0 fully saturated rings. The second kappa shape index (κ2) is 4.38. The van der Waals surface area contributed by atoms with Crippen molar-refractivity contribution in [2.24, 2.45) is 4.99 Å². The molecular formula is C5H11N3S. The molecule has 0 saturated heterocycles. The van der Waals surface area contributed by atoms with Gasteiger partial charge in [0.05, 0.1) is 6.34 Å². The lowest BCUT2D eigenvalue weighted by molar-refractivity contribution is 0.644. The quantitative estimate of drug-likeness (QED) is 0.439. The highest BCUT2D eigenvalue weighted by molar-refractivity contribution is 8.13. The predicted octanol–water partition coefficient (Wildman–Crippen LogP) is 0.874. The Hall–Kier alpha value is -0.510. The lowest BCUT2D eigenvalue weighted by atomic mass is 10.9. The standard InChI is InChI=1S/C5H11N3S/c1-8(2)4-7-5(6)9-3/h4,6H,1-3H3/b6-5?,7-4-. The molecule has 3 nitrogen and oxygen atoms in total. The van der Waals surface area contributed by atoms with Crippen LogP contribution in [0, 0.1) is 5.41 Å². The lowest BCUT2D eigenvalue weighted by Crippen LogP contribution is -2.08. The number of amidine groups is 1. The van der Waals surface area contributed by atoms with Gasteiger partial charge in [-0.15, -0.1) is 0 Å². The third kappa shape index (κ3) is 5.36. The van der Waals surface area contributed by atoms with Crippen molar-refractivity contribution in [1.82, 2.24) is 4.90 Å². The topological polar surface area (TPSA) is 39.5 Å². The van der Waals surface area contributed by atoms with Crippen LogP contribution in [0.15, 0.2) is 4.99 Å². The lowest BCUT2D eigenvalue weighted by Gasteiger charge is -2.00. The molecule has 0 aliphatic heterocycles. The third-order valence-electron chi connectivity index (χ3n) is 0.599. The van der Waals surface area contributed by atoms with Gasteiger partial charge >= 0.3 is 0 Å². The van der Waals surface area contributed by atoms with Crippen LogP contribution in [-0.2, 0) is 0 Å². The molecule has 0 aromatic heterocycles. The molecule has 9 heavy (non-hydrogen) atoms. The maximum atomic E-state index is 7.07. The van der Waals surface area contributed by atoms with Crippen molar-refractivity contribution in [2.75, 3.05) is 20.4 Å². The Morgan fingerprint density at radius 3 is 2.56 bits per heavy atom. The van der Waals surface area contributed by atoms with Crippen LogP contribution in [0.25, 0.3) is 0 Å². The summed E-state index contributed by atoms with van der Waals surface area (Å²) in [5.74, 6) is 0. The minimum Gasteiger partial charge on any atom is -0.369 e. The highest BCUT2D eigenvalue weighted by atomic mass is 32.2. The SMILES string of the molecule is CSC(=N)/N=C\N(C)C. The summed E-state index contributed by atoms with van der Waals surface area (Å²) in [6, 6.07) is 0. The number of nitrogens with zero attached hydrogens (tertiary/aromatic N) is 2. The number of hydrogen-bond acceptors (Lipinski definition) is 2. The van der Waals surface area contributed by atoms with Crippen molar-refractivity contribution in [3.05, 3.63) is 0 Å². The normalized spacial score (nSPS) is 10.1. The number of aliphatic imine (C=N–C) groups is 1. The number of rotatable bonds is 1. The van der Waals surface area contributed by atoms with Crippen LogP contribution in [0.1, 0.15) is 0 Å². The van der Waals surface area contributed by atoms with E-state index in [1.807, 2.05) is 20.4 Å². The predicted molar refractivity (Wildman–Crippen MR) is 43.4 cm³/mol. The summed E-state index contributed by atoms with van der Waals surface area (Å²) in [6.07, 6.45) is 3.44. The van der Waals surface area contributed by atoms with Crippen LogP contribution in [0.3, 0.4) is 0 Å². The summed E-state index contributed by atoms with van der Waals surface area (Å²) in [6.45, 7) is 0. The fourth-order valence-corrected chi connectivity index (χ4v) is 0.373. The molecule has 0 unspecified atom stereocenters. The minimum absolute atomic E-state index is 0.337. The Morgan fingerprint density at radius 1 is 1.67 bits per heavy atom. The van der Waals surface area contributed by atoms with E-state index < -0.39 is 0 Å². The number of nitrogens with one attached hydrogen (secondary N) is 1. The molecule has 0 spiro atoms. The Balaban J connectivity index is 3.57. The van der Waals surface area contributed by atoms with Gasteiger partial charge in [0.1, 0.15) is 0 Å². The van der Waals surface area contributed by atoms with Crippen LogP contribution in [0.2, 0.25) is 0 Å². The van der Waals surface area contributed by atoms with Crippen LogP contribution in [-0.4, -0.2) is 36.8 Å². The molecule has 0 bridgehead atoms. The molecule has 52 valence electrons. The monoisotopic (exact) mass is 145 g/mol. The van der Waals surface area contributed by atoms with E-state index in [0.717, 1.165) is 0 Å². The zero-order valence-corrected chi connectivity index (χ0v) is 6.70. The maximum Gasteiger partial charge on any atom is 0.181 e. The molecule has 0 aliphatic rings. The van der Waals surface area contributed by atoms with Crippen molar-refractivity contribution in [3.63, 3.8) is 0 Å². The molecule has 0 heterocycles. The van der Waals surface area contributed by atoms with E-state index in [2.05, 4.69) is 4.99 Å². The second-order valence-corrected chi connectivity index (χ2v) is 2.51. The van der Waals surface area contributed by atoms with Gasteiger partial charge < -0.3 is 4.90 Å². The first-order valence-electron chi connectivity index (χ1n) is 2.50. The van der Waals surface area contributed by atoms with Crippen molar-refractivity contribution < 1.29 is 0 Å². The van der Waals surface area contributed by atoms with Gasteiger partial charge in [-0.3, -0.25) is 5.41 Å². The maximum absolute atomic E-state index is 7.07. The number of thioether (sulfide) groups is 1. The van der Waals surface area contributed by atoms with Gasteiger partial charge in [-0.2, -0.15) is 0 Å². The first-order valence-corrected chi connectivity index (χ1v) is 3.72. The first-order chi connectivity index (χ1) is 4.16. The highest BCUT2D eigenvalue weighted by Gasteiger charge is 1.84. The van der Waals surface area contributed by atoms with E-state index in [0.29, 0.717) is 5.17 Å². The van der Waals surface area contributed by atoms with Gasteiger partial charge in [-0.25, -0.2) is 4.99 Å². The zero-order valence-electron chi connectivity index (χ0n) is 5.88. The van der Waals surface area contributed by atoms with Gasteiger partial charge in [-0.1, -0.05) is 11.8 Å². The van der Waals surface area contributed by atoms with Gasteiger partial charge in [0.25, 0.3) is 0 Å². The molecular weight excluding hydrogens is 134 g/mol. The van der Waals surface area contributed by atoms with E-state index in [1.165, 1.54) is 11.8 Å². The van der Waals surface area contributed by atoms with Gasteiger partial charge in [0.15, 0.2) is 5.17 Å². The summed E-state index contributed by atoms with van der Waals surface area (Å²) in [5, 5.41) is 7.41. The van der Waals surface area contributed by atoms with E-state index in [4.69, 9.17) is 5.41 Å². The molecule has 0 aliphatic carbocycles. The summed E-state index contributed by atoms with van der Waals surface area (Å²) in [5.41, 5.74) is 0. The molecule has 0 radical (unpaired) electrons. The van der Waals surface area contributed by atoms with E-state index in [1.54, 1.807) is 11.2 Å². The molecule has 0 aromatic carbocycles. The fourth-order valence-electron chi connectivity index (χ4n) is 0.221. The average Bonchev–Trinajstić information content (AvgIpc) is 1.83. The molecule has 4 heteroatoms. The third-order valence-corrected chi connectivity index (χ3v) is 1.09. The molecule has 0 rings (SSSR count). The van der Waals surface area contributed by atoms with Crippen LogP contribution < -0.4 is 0 Å². The number of hydrogen-bond donors (Lipinski definition) is 1. The smallest absolute Gasteiger partial charge is 0.181 e. The van der Waals surface area contributed by atoms with E-state index in [9.17, 15) is 0 Å². The first kappa shape index (κ1) is 8.49. The Kier molecular flexibility index (Phi) is 4.13. The van der Waals surface area contributed by atoms with Crippen molar-refractivity contribution in [3.8, 4) is 0 Å². The summed E-state index contributed by atoms with van der Waals surface area (Å²) < 4.78 is 0. The Labute approximate surface area is 59.7 Å². The average molecular weight is 145 g/mol. The second-order valence-electron chi connectivity index (χ2n) is 1.72. The minimum atomic E-state index is 0.337. The summed E-state index contributed by atoms with van der Waals surface area (Å²) in [7, 11) is 3.74. The molecule has 1 N–H and O–H groups in total. The van der Waals surface area contributed by atoms with Gasteiger partial charge in [-0.05, 0) is 6.26 Å². The van der Waals surface area contributed by atoms with Crippen LogP contribution in [0.5, 0.6) is 0 Å². The molecule has 0 amide bonds. The fraction of sp³-hybridized carbons (Fsp3) is 0.600. The molecule has 0 saturated carbocycles.